The van der Waals surface area contributed by atoms with Crippen molar-refractivity contribution in [1.82, 2.24) is 0 Å². The highest BCUT2D eigenvalue weighted by atomic mass is 31.2. The number of esters is 2. The van der Waals surface area contributed by atoms with Crippen LogP contribution in [0, 0.1) is 0 Å². The van der Waals surface area contributed by atoms with Gasteiger partial charge in [0.25, 0.3) is 0 Å². The molecule has 6 N–H and O–H groups in total. The minimum absolute atomic E-state index is 0.0400. The van der Waals surface area contributed by atoms with Crippen molar-refractivity contribution in [3.05, 3.63) is 60.8 Å². The number of phosphoric ester groups is 1. The Hall–Kier alpha value is -2.45. The van der Waals surface area contributed by atoms with Crippen LogP contribution >= 0.6 is 7.82 Å². The molecule has 0 amide bonds. The number of rotatable bonds is 31. The zero-order valence-corrected chi connectivity index (χ0v) is 33.8. The lowest BCUT2D eigenvalue weighted by atomic mass is 9.85. The van der Waals surface area contributed by atoms with Crippen molar-refractivity contribution in [3.8, 4) is 0 Å². The van der Waals surface area contributed by atoms with Gasteiger partial charge in [-0.1, -0.05) is 107 Å². The molecule has 1 saturated carbocycles. The molecule has 1 rings (SSSR count). The number of ether oxygens (including phenoxy) is 2. The molecule has 0 radical (unpaired) electrons. The van der Waals surface area contributed by atoms with Crippen LogP contribution in [0.4, 0.5) is 0 Å². The van der Waals surface area contributed by atoms with Crippen molar-refractivity contribution in [1.29, 1.82) is 0 Å². The average Bonchev–Trinajstić information content (AvgIpc) is 3.16. The van der Waals surface area contributed by atoms with Gasteiger partial charge in [-0.05, 0) is 70.6 Å². The Balaban J connectivity index is 2.58. The van der Waals surface area contributed by atoms with Crippen LogP contribution in [0.5, 0.6) is 0 Å². The first kappa shape index (κ1) is 50.6. The number of carbonyl (C=O) groups excluding carboxylic acids is 2. The van der Waals surface area contributed by atoms with E-state index in [-0.39, 0.29) is 12.8 Å². The summed E-state index contributed by atoms with van der Waals surface area (Å²) >= 11 is 0. The van der Waals surface area contributed by atoms with Gasteiger partial charge in [0, 0.05) is 12.8 Å². The van der Waals surface area contributed by atoms with Gasteiger partial charge in [0.1, 0.15) is 43.2 Å². The van der Waals surface area contributed by atoms with Gasteiger partial charge in [0.15, 0.2) is 6.10 Å². The second-order valence-corrected chi connectivity index (χ2v) is 15.2. The minimum atomic E-state index is -5.13. The maximum atomic E-state index is 12.7. The van der Waals surface area contributed by atoms with Crippen molar-refractivity contribution in [3.63, 3.8) is 0 Å². The van der Waals surface area contributed by atoms with Crippen LogP contribution in [0.1, 0.15) is 129 Å². The van der Waals surface area contributed by atoms with Crippen molar-refractivity contribution >= 4 is 19.8 Å². The van der Waals surface area contributed by atoms with Crippen molar-refractivity contribution in [2.75, 3.05) is 13.2 Å². The molecule has 0 aliphatic heterocycles. The number of allylic oxidation sites excluding steroid dienone is 10. The lowest BCUT2D eigenvalue weighted by molar-refractivity contribution is -0.220. The first-order valence-corrected chi connectivity index (χ1v) is 21.6. The van der Waals surface area contributed by atoms with Crippen LogP contribution in [0.25, 0.3) is 0 Å². The summed E-state index contributed by atoms with van der Waals surface area (Å²) in [6.45, 7) is 3.06. The molecule has 1 fully saturated rings. The summed E-state index contributed by atoms with van der Waals surface area (Å²) in [6.07, 6.45) is 23.0. The van der Waals surface area contributed by atoms with Gasteiger partial charge in [-0.2, -0.15) is 0 Å². The van der Waals surface area contributed by atoms with Gasteiger partial charge in [0.2, 0.25) is 0 Å². The average molecular weight is 801 g/mol. The molecule has 0 bridgehead atoms. The second-order valence-electron chi connectivity index (χ2n) is 13.7. The SMILES string of the molecule is CC/C=C/C/C=C/C/C=C/C/C=C/CCCCC(=O)O[C@H](COC(=O)CCCCCCC/C=C/CCCC)COP(=O)(O)OC1C(O)C(O)C(O)[C@@H](O)C1O. The third-order valence-electron chi connectivity index (χ3n) is 8.84. The van der Waals surface area contributed by atoms with E-state index in [4.69, 9.17) is 18.5 Å². The summed E-state index contributed by atoms with van der Waals surface area (Å²) in [5.41, 5.74) is 0. The van der Waals surface area contributed by atoms with E-state index in [2.05, 4.69) is 68.5 Å². The molecular weight excluding hydrogens is 731 g/mol. The smallest absolute Gasteiger partial charge is 0.462 e. The van der Waals surface area contributed by atoms with Crippen LogP contribution in [-0.2, 0) is 32.7 Å². The number of hydrogen-bond acceptors (Lipinski definition) is 12. The highest BCUT2D eigenvalue weighted by Crippen LogP contribution is 2.47. The third-order valence-corrected chi connectivity index (χ3v) is 9.83. The monoisotopic (exact) mass is 800 g/mol. The number of phosphoric acid groups is 1. The molecule has 14 heteroatoms. The summed E-state index contributed by atoms with van der Waals surface area (Å²) in [7, 11) is -5.13. The van der Waals surface area contributed by atoms with Gasteiger partial charge in [0.05, 0.1) is 6.61 Å². The summed E-state index contributed by atoms with van der Waals surface area (Å²) in [5.74, 6) is -1.17. The second kappa shape index (κ2) is 31.6. The molecular formula is C41H69O13P. The Labute approximate surface area is 328 Å². The predicted octanol–water partition coefficient (Wildman–Crippen LogP) is 6.60. The van der Waals surface area contributed by atoms with Crippen LogP contribution < -0.4 is 0 Å². The molecule has 55 heavy (non-hydrogen) atoms. The lowest BCUT2D eigenvalue weighted by Gasteiger charge is -2.41. The van der Waals surface area contributed by atoms with E-state index >= 15 is 0 Å². The number of carbonyl (C=O) groups is 2. The first-order chi connectivity index (χ1) is 26.4. The Kier molecular flexibility index (Phi) is 29.1. The molecule has 0 heterocycles. The van der Waals surface area contributed by atoms with Crippen LogP contribution in [0.15, 0.2) is 60.8 Å². The van der Waals surface area contributed by atoms with Crippen molar-refractivity contribution < 1.29 is 63.1 Å². The number of aliphatic hydroxyl groups excluding tert-OH is 5. The van der Waals surface area contributed by atoms with Gasteiger partial charge in [-0.15, -0.1) is 0 Å². The normalized spacial score (nSPS) is 23.7. The maximum absolute atomic E-state index is 12.7. The quantitative estimate of drug-likeness (QED) is 0.0189. The van der Waals surface area contributed by atoms with E-state index < -0.39 is 75.7 Å². The lowest BCUT2D eigenvalue weighted by Crippen LogP contribution is -2.64. The number of aliphatic hydroxyl groups is 5. The summed E-state index contributed by atoms with van der Waals surface area (Å²) in [6, 6.07) is 0. The fraction of sp³-hybridized carbons (Fsp3) is 0.707. The van der Waals surface area contributed by atoms with Crippen LogP contribution in [0.3, 0.4) is 0 Å². The fourth-order valence-electron chi connectivity index (χ4n) is 5.55. The third kappa shape index (κ3) is 24.7. The fourth-order valence-corrected chi connectivity index (χ4v) is 6.52. The van der Waals surface area contributed by atoms with Crippen molar-refractivity contribution in [2.45, 2.75) is 172 Å². The molecule has 0 spiro atoms. The zero-order valence-electron chi connectivity index (χ0n) is 32.9. The molecule has 13 nitrogen and oxygen atoms in total. The van der Waals surface area contributed by atoms with Gasteiger partial charge in [-0.25, -0.2) is 4.57 Å². The number of hydrogen-bond donors (Lipinski definition) is 6. The van der Waals surface area contributed by atoms with Crippen LogP contribution in [-0.4, -0.2) is 98.3 Å². The van der Waals surface area contributed by atoms with Gasteiger partial charge in [-0.3, -0.25) is 18.6 Å². The van der Waals surface area contributed by atoms with E-state index in [0.717, 1.165) is 70.6 Å². The topological polar surface area (TPSA) is 210 Å². The van der Waals surface area contributed by atoms with E-state index in [0.29, 0.717) is 19.3 Å². The predicted molar refractivity (Wildman–Crippen MR) is 212 cm³/mol. The zero-order chi connectivity index (χ0) is 40.7. The molecule has 0 saturated heterocycles. The number of unbranched alkanes of at least 4 members (excludes halogenated alkanes) is 9. The molecule has 0 aromatic heterocycles. The first-order valence-electron chi connectivity index (χ1n) is 20.1. The molecule has 1 aliphatic carbocycles. The minimum Gasteiger partial charge on any atom is -0.462 e. The summed E-state index contributed by atoms with van der Waals surface area (Å²) < 4.78 is 33.3. The van der Waals surface area contributed by atoms with Crippen molar-refractivity contribution in [2.24, 2.45) is 0 Å². The maximum Gasteiger partial charge on any atom is 0.472 e. The molecule has 0 aromatic rings. The molecule has 316 valence electrons. The van der Waals surface area contributed by atoms with E-state index in [9.17, 15) is 44.6 Å². The van der Waals surface area contributed by atoms with E-state index in [1.807, 2.05) is 6.08 Å². The highest BCUT2D eigenvalue weighted by molar-refractivity contribution is 7.47. The molecule has 1 aliphatic rings. The standard InChI is InChI=1S/C41H69O13P/c1-3-5-7-9-11-13-15-16-17-18-20-22-24-26-28-30-35(43)53-33(31-51-34(42)29-27-25-23-21-19-14-12-10-8-6-4-2)32-52-55(49,50)54-41-39(47)37(45)36(44)38(46)40(41)48/h5,7,10-13,16-17,20,22,33,36-41,44-48H,3-4,6,8-9,14-15,18-19,21,23-32H2,1-2H3,(H,49,50)/b7-5+,12-10+,13-11+,17-16+,22-20+/t33-,36?,37-,38?,39?,40?,41?/m1/s1. The molecule has 0 aromatic carbocycles. The van der Waals surface area contributed by atoms with E-state index in [1.165, 1.54) is 12.8 Å². The Morgan fingerprint density at radius 3 is 1.64 bits per heavy atom. The van der Waals surface area contributed by atoms with E-state index in [1.54, 1.807) is 0 Å². The highest BCUT2D eigenvalue weighted by Gasteiger charge is 2.51. The van der Waals surface area contributed by atoms with Gasteiger partial charge < -0.3 is 39.9 Å². The Bertz CT molecular complexity index is 1200. The summed E-state index contributed by atoms with van der Waals surface area (Å²) in [5, 5.41) is 50.0. The molecule has 6 unspecified atom stereocenters. The largest absolute Gasteiger partial charge is 0.472 e. The Morgan fingerprint density at radius 1 is 0.582 bits per heavy atom. The van der Waals surface area contributed by atoms with Gasteiger partial charge >= 0.3 is 19.8 Å². The summed E-state index contributed by atoms with van der Waals surface area (Å²) in [4.78, 5) is 35.5. The van der Waals surface area contributed by atoms with Crippen LogP contribution in [0.2, 0.25) is 0 Å². The Morgan fingerprint density at radius 2 is 1.04 bits per heavy atom. The molecule has 8 atom stereocenters.